The van der Waals surface area contributed by atoms with Gasteiger partial charge in [0, 0.05) is 32.6 Å². The normalized spacial score (nSPS) is 19.6. The summed E-state index contributed by atoms with van der Waals surface area (Å²) < 4.78 is 0. The van der Waals surface area contributed by atoms with Crippen molar-refractivity contribution in [3.8, 4) is 0 Å². The van der Waals surface area contributed by atoms with E-state index in [4.69, 9.17) is 10.8 Å². The molecule has 0 aromatic rings. The molecule has 3 N–H and O–H groups in total. The van der Waals surface area contributed by atoms with Crippen molar-refractivity contribution in [2.24, 2.45) is 17.6 Å². The third-order valence-electron chi connectivity index (χ3n) is 4.17. The topological polar surface area (TPSA) is 86.9 Å². The van der Waals surface area contributed by atoms with E-state index in [1.807, 2.05) is 9.80 Å². The number of carboxylic acid groups (broad SMARTS) is 1. The fourth-order valence-corrected chi connectivity index (χ4v) is 2.82. The van der Waals surface area contributed by atoms with Gasteiger partial charge in [-0.25, -0.2) is 0 Å². The number of carbonyl (C=O) groups excluding carboxylic acids is 1. The van der Waals surface area contributed by atoms with Crippen molar-refractivity contribution in [3.63, 3.8) is 0 Å². The van der Waals surface area contributed by atoms with Crippen molar-refractivity contribution in [3.05, 3.63) is 0 Å². The summed E-state index contributed by atoms with van der Waals surface area (Å²) >= 11 is 0. The first-order valence-corrected chi connectivity index (χ1v) is 7.79. The Bertz CT molecular complexity index is 352. The van der Waals surface area contributed by atoms with Crippen molar-refractivity contribution >= 4 is 11.9 Å². The first kappa shape index (κ1) is 17.9. The van der Waals surface area contributed by atoms with Crippen LogP contribution in [0, 0.1) is 11.8 Å². The Labute approximate surface area is 127 Å². The van der Waals surface area contributed by atoms with E-state index in [0.717, 1.165) is 6.42 Å². The number of nitrogens with zero attached hydrogens (tertiary/aromatic N) is 2. The number of amides is 1. The molecular weight excluding hydrogens is 270 g/mol. The van der Waals surface area contributed by atoms with Crippen LogP contribution in [0.2, 0.25) is 0 Å². The lowest BCUT2D eigenvalue weighted by molar-refractivity contribution is -0.144. The fourth-order valence-electron chi connectivity index (χ4n) is 2.82. The minimum atomic E-state index is -0.810. The Morgan fingerprint density at radius 3 is 2.14 bits per heavy atom. The van der Waals surface area contributed by atoms with Gasteiger partial charge in [-0.05, 0) is 31.7 Å². The molecule has 6 heteroatoms. The molecule has 1 aliphatic heterocycles. The van der Waals surface area contributed by atoms with Gasteiger partial charge in [-0.3, -0.25) is 14.5 Å². The second-order valence-electron chi connectivity index (χ2n) is 6.37. The number of carboxylic acids is 1. The van der Waals surface area contributed by atoms with Gasteiger partial charge in [-0.15, -0.1) is 0 Å². The van der Waals surface area contributed by atoms with Gasteiger partial charge in [0.25, 0.3) is 0 Å². The number of piperazine rings is 1. The monoisotopic (exact) mass is 299 g/mol. The van der Waals surface area contributed by atoms with E-state index in [9.17, 15) is 9.59 Å². The fraction of sp³-hybridized carbons (Fsp3) is 0.867. The molecule has 1 fully saturated rings. The smallest absolute Gasteiger partial charge is 0.320 e. The largest absolute Gasteiger partial charge is 0.480 e. The molecule has 0 saturated carbocycles. The molecular formula is C15H29N3O3. The van der Waals surface area contributed by atoms with Crippen LogP contribution in [0.4, 0.5) is 0 Å². The van der Waals surface area contributed by atoms with Crippen molar-refractivity contribution in [1.82, 2.24) is 9.80 Å². The van der Waals surface area contributed by atoms with Gasteiger partial charge >= 0.3 is 5.97 Å². The molecule has 122 valence electrons. The lowest BCUT2D eigenvalue weighted by atomic mass is 9.93. The van der Waals surface area contributed by atoms with Crippen LogP contribution in [-0.4, -0.2) is 65.5 Å². The van der Waals surface area contributed by atoms with Gasteiger partial charge < -0.3 is 15.7 Å². The van der Waals surface area contributed by atoms with E-state index in [1.165, 1.54) is 0 Å². The highest BCUT2D eigenvalue weighted by molar-refractivity contribution is 5.76. The number of nitrogens with two attached hydrogens (primary N) is 1. The average Bonchev–Trinajstić information content (AvgIpc) is 2.45. The van der Waals surface area contributed by atoms with Crippen LogP contribution in [0.3, 0.4) is 0 Å². The molecule has 0 bridgehead atoms. The van der Waals surface area contributed by atoms with E-state index in [-0.39, 0.29) is 11.8 Å². The van der Waals surface area contributed by atoms with Crippen molar-refractivity contribution < 1.29 is 14.7 Å². The molecule has 0 spiro atoms. The van der Waals surface area contributed by atoms with E-state index in [2.05, 4.69) is 13.8 Å². The molecule has 1 rings (SSSR count). The van der Waals surface area contributed by atoms with Gasteiger partial charge in [-0.2, -0.15) is 0 Å². The highest BCUT2D eigenvalue weighted by Crippen LogP contribution is 2.16. The number of hydrogen-bond donors (Lipinski definition) is 2. The molecule has 2 unspecified atom stereocenters. The molecule has 1 heterocycles. The second kappa shape index (κ2) is 8.34. The van der Waals surface area contributed by atoms with Gasteiger partial charge in [0.05, 0.1) is 0 Å². The van der Waals surface area contributed by atoms with Crippen molar-refractivity contribution in [2.45, 2.75) is 39.7 Å². The standard InChI is InChI=1S/C15H29N3O3/c1-11(2)8-13(10-16)9-14(19)18-6-4-17(5-7-18)12(3)15(20)21/h11-13H,4-10,16H2,1-3H3,(H,20,21). The molecule has 0 aliphatic carbocycles. The summed E-state index contributed by atoms with van der Waals surface area (Å²) in [5.74, 6) is 0.122. The summed E-state index contributed by atoms with van der Waals surface area (Å²) in [6.45, 7) is 8.96. The highest BCUT2D eigenvalue weighted by atomic mass is 16.4. The molecule has 0 radical (unpaired) electrons. The summed E-state index contributed by atoms with van der Waals surface area (Å²) in [5.41, 5.74) is 5.75. The quantitative estimate of drug-likeness (QED) is 0.719. The third-order valence-corrected chi connectivity index (χ3v) is 4.17. The summed E-state index contributed by atoms with van der Waals surface area (Å²) in [6.07, 6.45) is 1.47. The van der Waals surface area contributed by atoms with E-state index in [0.29, 0.717) is 45.1 Å². The zero-order chi connectivity index (χ0) is 16.0. The van der Waals surface area contributed by atoms with Crippen molar-refractivity contribution in [1.29, 1.82) is 0 Å². The van der Waals surface area contributed by atoms with Crippen LogP contribution in [-0.2, 0) is 9.59 Å². The first-order valence-electron chi connectivity index (χ1n) is 7.79. The van der Waals surface area contributed by atoms with Crippen molar-refractivity contribution in [2.75, 3.05) is 32.7 Å². The van der Waals surface area contributed by atoms with Crippen LogP contribution in [0.25, 0.3) is 0 Å². The van der Waals surface area contributed by atoms with Crippen LogP contribution < -0.4 is 5.73 Å². The van der Waals surface area contributed by atoms with Gasteiger partial charge in [0.2, 0.25) is 5.91 Å². The molecule has 0 aromatic heterocycles. The molecule has 2 atom stereocenters. The molecule has 6 nitrogen and oxygen atoms in total. The minimum Gasteiger partial charge on any atom is -0.480 e. The van der Waals surface area contributed by atoms with Crippen LogP contribution >= 0.6 is 0 Å². The average molecular weight is 299 g/mol. The Hall–Kier alpha value is -1.14. The zero-order valence-corrected chi connectivity index (χ0v) is 13.4. The molecule has 21 heavy (non-hydrogen) atoms. The summed E-state index contributed by atoms with van der Waals surface area (Å²) in [5, 5.41) is 9.01. The third kappa shape index (κ3) is 5.63. The summed E-state index contributed by atoms with van der Waals surface area (Å²) in [4.78, 5) is 27.0. The molecule has 1 aliphatic rings. The second-order valence-corrected chi connectivity index (χ2v) is 6.37. The summed E-state index contributed by atoms with van der Waals surface area (Å²) in [6, 6.07) is -0.486. The molecule has 1 saturated heterocycles. The van der Waals surface area contributed by atoms with E-state index >= 15 is 0 Å². The SMILES string of the molecule is CC(C)CC(CN)CC(=O)N1CCN(C(C)C(=O)O)CC1. The lowest BCUT2D eigenvalue weighted by Crippen LogP contribution is -2.53. The number of rotatable bonds is 7. The van der Waals surface area contributed by atoms with Gasteiger partial charge in [-0.1, -0.05) is 13.8 Å². The first-order chi connectivity index (χ1) is 9.85. The maximum atomic E-state index is 12.3. The number of aliphatic carboxylic acids is 1. The lowest BCUT2D eigenvalue weighted by Gasteiger charge is -2.37. The Morgan fingerprint density at radius 1 is 1.14 bits per heavy atom. The molecule has 1 amide bonds. The molecule has 0 aromatic carbocycles. The highest BCUT2D eigenvalue weighted by Gasteiger charge is 2.27. The van der Waals surface area contributed by atoms with Crippen LogP contribution in [0.15, 0.2) is 0 Å². The predicted octanol–water partition coefficient (Wildman–Crippen LogP) is 0.615. The predicted molar refractivity (Wildman–Crippen MR) is 81.9 cm³/mol. The maximum Gasteiger partial charge on any atom is 0.320 e. The Kier molecular flexibility index (Phi) is 7.11. The van der Waals surface area contributed by atoms with Gasteiger partial charge in [0.15, 0.2) is 0 Å². The van der Waals surface area contributed by atoms with E-state index in [1.54, 1.807) is 6.92 Å². The zero-order valence-electron chi connectivity index (χ0n) is 13.4. The van der Waals surface area contributed by atoms with Crippen LogP contribution in [0.5, 0.6) is 0 Å². The maximum absolute atomic E-state index is 12.3. The summed E-state index contributed by atoms with van der Waals surface area (Å²) in [7, 11) is 0. The Balaban J connectivity index is 2.42. The minimum absolute atomic E-state index is 0.147. The number of carbonyl (C=O) groups is 2. The van der Waals surface area contributed by atoms with Gasteiger partial charge in [0.1, 0.15) is 6.04 Å². The van der Waals surface area contributed by atoms with E-state index < -0.39 is 12.0 Å². The van der Waals surface area contributed by atoms with Crippen LogP contribution in [0.1, 0.15) is 33.6 Å². The number of hydrogen-bond acceptors (Lipinski definition) is 4. The Morgan fingerprint density at radius 2 is 1.71 bits per heavy atom.